The summed E-state index contributed by atoms with van der Waals surface area (Å²) in [4.78, 5) is 1.32. The Morgan fingerprint density at radius 2 is 1.67 bits per heavy atom. The van der Waals surface area contributed by atoms with Gasteiger partial charge in [0.15, 0.2) is 0 Å². The Kier molecular flexibility index (Phi) is 4.03. The second kappa shape index (κ2) is 4.12. The van der Waals surface area contributed by atoms with Crippen LogP contribution in [-0.4, -0.2) is 30.7 Å². The summed E-state index contributed by atoms with van der Waals surface area (Å²) < 4.78 is 37.1. The molecule has 0 heterocycles. The van der Waals surface area contributed by atoms with E-state index in [1.165, 1.54) is 11.9 Å². The van der Waals surface area contributed by atoms with Crippen molar-refractivity contribution < 1.29 is 13.2 Å². The molecular formula is C8H16F3N. The van der Waals surface area contributed by atoms with Gasteiger partial charge in [-0.1, -0.05) is 20.8 Å². The average Bonchev–Trinajstić information content (AvgIpc) is 1.83. The van der Waals surface area contributed by atoms with Crippen LogP contribution in [0.1, 0.15) is 20.8 Å². The fourth-order valence-corrected chi connectivity index (χ4v) is 1.33. The van der Waals surface area contributed by atoms with Crippen LogP contribution in [0.3, 0.4) is 0 Å². The molecular weight excluding hydrogens is 167 g/mol. The number of rotatable bonds is 3. The quantitative estimate of drug-likeness (QED) is 0.649. The average molecular weight is 183 g/mol. The minimum atomic E-state index is -4.11. The predicted molar refractivity (Wildman–Crippen MR) is 43.0 cm³/mol. The number of alkyl halides is 3. The van der Waals surface area contributed by atoms with Crippen LogP contribution in [0.25, 0.3) is 0 Å². The van der Waals surface area contributed by atoms with Crippen molar-refractivity contribution >= 4 is 0 Å². The zero-order valence-corrected chi connectivity index (χ0v) is 7.94. The van der Waals surface area contributed by atoms with E-state index in [-0.39, 0.29) is 0 Å². The van der Waals surface area contributed by atoms with Crippen molar-refractivity contribution in [2.45, 2.75) is 33.0 Å². The first-order valence-corrected chi connectivity index (χ1v) is 4.07. The van der Waals surface area contributed by atoms with Gasteiger partial charge < -0.3 is 0 Å². The first-order valence-electron chi connectivity index (χ1n) is 4.07. The summed E-state index contributed by atoms with van der Waals surface area (Å²) >= 11 is 0. The molecule has 1 nitrogen and oxygen atoms in total. The molecule has 1 unspecified atom stereocenters. The molecule has 0 aromatic rings. The fourth-order valence-electron chi connectivity index (χ4n) is 1.33. The Bertz CT molecular complexity index is 131. The molecule has 4 heteroatoms. The summed E-state index contributed by atoms with van der Waals surface area (Å²) in [6, 6.07) is -1.32. The van der Waals surface area contributed by atoms with E-state index in [1.54, 1.807) is 20.8 Å². The van der Waals surface area contributed by atoms with E-state index in [2.05, 4.69) is 0 Å². The summed E-state index contributed by atoms with van der Waals surface area (Å²) in [6.45, 7) is 5.32. The highest BCUT2D eigenvalue weighted by Gasteiger charge is 2.43. The lowest BCUT2D eigenvalue weighted by Gasteiger charge is -2.31. The van der Waals surface area contributed by atoms with Crippen LogP contribution in [-0.2, 0) is 0 Å². The molecule has 74 valence electrons. The van der Waals surface area contributed by atoms with Crippen LogP contribution < -0.4 is 0 Å². The van der Waals surface area contributed by atoms with Gasteiger partial charge in [0.25, 0.3) is 0 Å². The van der Waals surface area contributed by atoms with Crippen LogP contribution in [0, 0.1) is 5.92 Å². The van der Waals surface area contributed by atoms with E-state index >= 15 is 0 Å². The van der Waals surface area contributed by atoms with Crippen molar-refractivity contribution in [1.82, 2.24) is 4.90 Å². The van der Waals surface area contributed by atoms with Gasteiger partial charge in [-0.3, -0.25) is 4.90 Å². The van der Waals surface area contributed by atoms with Gasteiger partial charge in [-0.05, 0) is 19.5 Å². The third kappa shape index (κ3) is 3.01. The standard InChI is InChI=1S/C8H16F3N/c1-5-12(4)7(6(2)3)8(9,10)11/h6-7H,5H2,1-4H3. The molecule has 0 aliphatic heterocycles. The lowest BCUT2D eigenvalue weighted by atomic mass is 10.0. The minimum absolute atomic E-state index is 0.394. The topological polar surface area (TPSA) is 3.24 Å². The molecule has 12 heavy (non-hydrogen) atoms. The summed E-state index contributed by atoms with van der Waals surface area (Å²) in [5.41, 5.74) is 0. The molecule has 0 saturated heterocycles. The summed E-state index contributed by atoms with van der Waals surface area (Å²) in [7, 11) is 1.50. The Labute approximate surface area is 71.6 Å². The Hall–Kier alpha value is -0.250. The minimum Gasteiger partial charge on any atom is -0.295 e. The van der Waals surface area contributed by atoms with Gasteiger partial charge in [0.1, 0.15) is 6.04 Å². The lowest BCUT2D eigenvalue weighted by molar-refractivity contribution is -0.190. The van der Waals surface area contributed by atoms with Crippen molar-refractivity contribution in [1.29, 1.82) is 0 Å². The summed E-state index contributed by atoms with van der Waals surface area (Å²) in [5, 5.41) is 0. The van der Waals surface area contributed by atoms with Crippen molar-refractivity contribution in [2.75, 3.05) is 13.6 Å². The van der Waals surface area contributed by atoms with Crippen LogP contribution in [0.4, 0.5) is 13.2 Å². The molecule has 0 saturated carbocycles. The smallest absolute Gasteiger partial charge is 0.295 e. The second-order valence-electron chi connectivity index (χ2n) is 3.30. The Morgan fingerprint density at radius 3 is 1.75 bits per heavy atom. The fraction of sp³-hybridized carbons (Fsp3) is 1.00. The van der Waals surface area contributed by atoms with Gasteiger partial charge in [-0.15, -0.1) is 0 Å². The van der Waals surface area contributed by atoms with Crippen LogP contribution >= 0.6 is 0 Å². The molecule has 0 bridgehead atoms. The van der Waals surface area contributed by atoms with E-state index in [9.17, 15) is 13.2 Å². The van der Waals surface area contributed by atoms with E-state index in [0.29, 0.717) is 6.54 Å². The normalized spacial score (nSPS) is 15.8. The number of hydrogen-bond acceptors (Lipinski definition) is 1. The van der Waals surface area contributed by atoms with Gasteiger partial charge >= 0.3 is 6.18 Å². The molecule has 0 fully saturated rings. The van der Waals surface area contributed by atoms with Crippen molar-refractivity contribution in [3.8, 4) is 0 Å². The highest BCUT2D eigenvalue weighted by molar-refractivity contribution is 4.78. The second-order valence-corrected chi connectivity index (χ2v) is 3.30. The third-order valence-electron chi connectivity index (χ3n) is 1.94. The van der Waals surface area contributed by atoms with Gasteiger partial charge in [-0.25, -0.2) is 0 Å². The maximum atomic E-state index is 12.4. The number of nitrogens with zero attached hydrogens (tertiary/aromatic N) is 1. The summed E-state index contributed by atoms with van der Waals surface area (Å²) in [5.74, 6) is -0.394. The summed E-state index contributed by atoms with van der Waals surface area (Å²) in [6.07, 6.45) is -4.11. The molecule has 0 amide bonds. The van der Waals surface area contributed by atoms with Gasteiger partial charge in [0.2, 0.25) is 0 Å². The number of halogens is 3. The maximum absolute atomic E-state index is 12.4. The molecule has 0 rings (SSSR count). The lowest BCUT2D eigenvalue weighted by Crippen LogP contribution is -2.46. The highest BCUT2D eigenvalue weighted by atomic mass is 19.4. The van der Waals surface area contributed by atoms with Crippen molar-refractivity contribution in [3.05, 3.63) is 0 Å². The molecule has 0 aromatic carbocycles. The Balaban J connectivity index is 4.44. The monoisotopic (exact) mass is 183 g/mol. The van der Waals surface area contributed by atoms with Crippen LogP contribution in [0.15, 0.2) is 0 Å². The maximum Gasteiger partial charge on any atom is 0.404 e. The molecule has 0 radical (unpaired) electrons. The van der Waals surface area contributed by atoms with Crippen molar-refractivity contribution in [3.63, 3.8) is 0 Å². The zero-order chi connectivity index (χ0) is 9.94. The molecule has 0 N–H and O–H groups in total. The predicted octanol–water partition coefficient (Wildman–Crippen LogP) is 2.53. The molecule has 0 aliphatic rings. The molecule has 0 aromatic heterocycles. The first kappa shape index (κ1) is 11.8. The highest BCUT2D eigenvalue weighted by Crippen LogP contribution is 2.28. The number of hydrogen-bond donors (Lipinski definition) is 0. The van der Waals surface area contributed by atoms with Gasteiger partial charge in [0.05, 0.1) is 0 Å². The Morgan fingerprint density at radius 1 is 1.25 bits per heavy atom. The van der Waals surface area contributed by atoms with Gasteiger partial charge in [0, 0.05) is 0 Å². The first-order chi connectivity index (χ1) is 5.30. The zero-order valence-electron chi connectivity index (χ0n) is 7.94. The third-order valence-corrected chi connectivity index (χ3v) is 1.94. The van der Waals surface area contributed by atoms with Crippen LogP contribution in [0.2, 0.25) is 0 Å². The van der Waals surface area contributed by atoms with Crippen molar-refractivity contribution in [2.24, 2.45) is 5.92 Å². The van der Waals surface area contributed by atoms with Crippen LogP contribution in [0.5, 0.6) is 0 Å². The van der Waals surface area contributed by atoms with E-state index in [4.69, 9.17) is 0 Å². The van der Waals surface area contributed by atoms with Gasteiger partial charge in [-0.2, -0.15) is 13.2 Å². The van der Waals surface area contributed by atoms with E-state index < -0.39 is 18.1 Å². The van der Waals surface area contributed by atoms with E-state index in [1.807, 2.05) is 0 Å². The molecule has 1 atom stereocenters. The van der Waals surface area contributed by atoms with E-state index in [0.717, 1.165) is 0 Å². The SMILES string of the molecule is CCN(C)C(C(C)C)C(F)(F)F. The largest absolute Gasteiger partial charge is 0.404 e. The molecule has 0 spiro atoms. The molecule has 0 aliphatic carbocycles.